The zero-order valence-electron chi connectivity index (χ0n) is 49.3. The van der Waals surface area contributed by atoms with Crippen molar-refractivity contribution in [2.45, 2.75) is 269 Å². The molecular formula is C62H102CaO14S2. The van der Waals surface area contributed by atoms with E-state index in [1.807, 2.05) is 0 Å². The van der Waals surface area contributed by atoms with E-state index in [1.165, 1.54) is 218 Å². The van der Waals surface area contributed by atoms with Crippen LogP contribution in [-0.4, -0.2) is 124 Å². The van der Waals surface area contributed by atoms with Crippen molar-refractivity contribution in [2.24, 2.45) is 0 Å². The Morgan fingerprint density at radius 3 is 0.722 bits per heavy atom. The number of carbonyl (C=O) groups is 4. The van der Waals surface area contributed by atoms with Crippen LogP contribution in [0.3, 0.4) is 0 Å². The molecule has 0 bridgehead atoms. The number of carbonyl (C=O) groups excluding carboxylic acids is 4. The van der Waals surface area contributed by atoms with Crippen LogP contribution in [-0.2, 0) is 39.2 Å². The Hall–Kier alpha value is -2.60. The van der Waals surface area contributed by atoms with Gasteiger partial charge >= 0.3 is 61.6 Å². The normalized spacial score (nSPS) is 12.1. The average molecular weight is 1180 g/mol. The Labute approximate surface area is 508 Å². The molecule has 0 aliphatic heterocycles. The summed E-state index contributed by atoms with van der Waals surface area (Å²) in [5.41, 5.74) is 0.103. The Bertz CT molecular complexity index is 1950. The summed E-state index contributed by atoms with van der Waals surface area (Å²) in [6.45, 7) is 7.01. The zero-order valence-corrected chi connectivity index (χ0v) is 53.1. The molecule has 2 atom stereocenters. The largest absolute Gasteiger partial charge is 2.00 e. The molecule has 0 fully saturated rings. The van der Waals surface area contributed by atoms with Crippen LogP contribution in [0.25, 0.3) is 0 Å². The summed E-state index contributed by atoms with van der Waals surface area (Å²) in [5, 5.41) is -2.64. The second-order valence-electron chi connectivity index (χ2n) is 20.9. The van der Waals surface area contributed by atoms with Crippen LogP contribution in [0, 0.1) is 0 Å². The number of hydrogen-bond donors (Lipinski definition) is 0. The first-order valence-electron chi connectivity index (χ1n) is 30.4. The van der Waals surface area contributed by atoms with E-state index in [0.717, 1.165) is 38.5 Å². The molecule has 0 aliphatic rings. The molecule has 0 radical (unpaired) electrons. The molecule has 0 aromatic heterocycles. The van der Waals surface area contributed by atoms with E-state index in [2.05, 4.69) is 13.8 Å². The first kappa shape index (κ1) is 76.4. The van der Waals surface area contributed by atoms with E-state index in [0.29, 0.717) is 0 Å². The number of benzene rings is 2. The fraction of sp³-hybridized carbons (Fsp3) is 0.742. The minimum absolute atomic E-state index is 0. The molecule has 0 aliphatic carbocycles. The van der Waals surface area contributed by atoms with Gasteiger partial charge in [0, 0.05) is 0 Å². The van der Waals surface area contributed by atoms with Gasteiger partial charge in [-0.25, -0.2) is 36.0 Å². The molecule has 448 valence electrons. The minimum Gasteiger partial charge on any atom is -0.748 e. The molecule has 2 aromatic carbocycles. The molecule has 0 heterocycles. The van der Waals surface area contributed by atoms with E-state index >= 15 is 0 Å². The van der Waals surface area contributed by atoms with Crippen LogP contribution >= 0.6 is 0 Å². The number of unbranched alkanes of at least 4 members (excludes halogenated alkanes) is 32. The molecular weight excluding hydrogens is 1070 g/mol. The topological polar surface area (TPSA) is 220 Å². The predicted molar refractivity (Wildman–Crippen MR) is 316 cm³/mol. The first-order valence-corrected chi connectivity index (χ1v) is 33.3. The second kappa shape index (κ2) is 50.0. The van der Waals surface area contributed by atoms with Crippen LogP contribution < -0.4 is 0 Å². The van der Waals surface area contributed by atoms with Gasteiger partial charge in [0.15, 0.2) is 0 Å². The summed E-state index contributed by atoms with van der Waals surface area (Å²) in [7, 11) is -9.15. The van der Waals surface area contributed by atoms with Crippen molar-refractivity contribution in [3.8, 4) is 0 Å². The smallest absolute Gasteiger partial charge is 0.748 e. The monoisotopic (exact) mass is 1170 g/mol. The van der Waals surface area contributed by atoms with E-state index in [4.69, 9.17) is 18.9 Å². The van der Waals surface area contributed by atoms with E-state index in [1.54, 1.807) is 24.3 Å². The SMILES string of the molecule is CCCCCCCCCCCCCCCCCCCOC(=O)c1ccccc1C(=O)OCC(CC)S(=O)(=O)[O-].CCCCCCCCCCCCCCCCCCCOC(=O)c1ccccc1C(=O)OCC(CC)S(=O)(=O)[O-].[Ca+2]. The van der Waals surface area contributed by atoms with Crippen LogP contribution in [0.5, 0.6) is 0 Å². The van der Waals surface area contributed by atoms with Crippen LogP contribution in [0.4, 0.5) is 0 Å². The fourth-order valence-corrected chi connectivity index (χ4v) is 10.4. The number of rotatable bonds is 48. The summed E-state index contributed by atoms with van der Waals surface area (Å²) >= 11 is 0. The summed E-state index contributed by atoms with van der Waals surface area (Å²) < 4.78 is 88.0. The number of esters is 4. The Morgan fingerprint density at radius 2 is 0.532 bits per heavy atom. The van der Waals surface area contributed by atoms with E-state index < -0.39 is 67.8 Å². The van der Waals surface area contributed by atoms with Gasteiger partial charge in [-0.1, -0.05) is 257 Å². The van der Waals surface area contributed by atoms with Crippen LogP contribution in [0.2, 0.25) is 0 Å². The molecule has 0 N–H and O–H groups in total. The number of ether oxygens (including phenoxy) is 4. The third kappa shape index (κ3) is 39.5. The first-order chi connectivity index (χ1) is 37.6. The summed E-state index contributed by atoms with van der Waals surface area (Å²) in [6, 6.07) is 12.1. The summed E-state index contributed by atoms with van der Waals surface area (Å²) in [5.74, 6) is -2.96. The number of hydrogen-bond acceptors (Lipinski definition) is 14. The maximum atomic E-state index is 12.5. The average Bonchev–Trinajstić information content (AvgIpc) is 3.43. The molecule has 79 heavy (non-hydrogen) atoms. The molecule has 2 aromatic rings. The third-order valence-electron chi connectivity index (χ3n) is 14.2. The van der Waals surface area contributed by atoms with Crippen LogP contribution in [0.1, 0.15) is 300 Å². The maximum absolute atomic E-state index is 12.5. The van der Waals surface area contributed by atoms with Gasteiger partial charge in [0.25, 0.3) is 0 Å². The molecule has 14 nitrogen and oxygen atoms in total. The van der Waals surface area contributed by atoms with Crippen molar-refractivity contribution in [3.05, 3.63) is 70.8 Å². The Kier molecular flexibility index (Phi) is 48.3. The minimum atomic E-state index is -4.57. The predicted octanol–water partition coefficient (Wildman–Crippen LogP) is 15.6. The fourth-order valence-electron chi connectivity index (χ4n) is 9.12. The van der Waals surface area contributed by atoms with Gasteiger partial charge in [-0.3, -0.25) is 0 Å². The van der Waals surface area contributed by atoms with Gasteiger partial charge in [-0.05, 0) is 49.9 Å². The van der Waals surface area contributed by atoms with Crippen molar-refractivity contribution in [2.75, 3.05) is 26.4 Å². The van der Waals surface area contributed by atoms with Gasteiger partial charge in [-0.2, -0.15) is 0 Å². The third-order valence-corrected chi connectivity index (χ3v) is 16.8. The maximum Gasteiger partial charge on any atom is 2.00 e. The summed E-state index contributed by atoms with van der Waals surface area (Å²) in [4.78, 5) is 49.9. The quantitative estimate of drug-likeness (QED) is 0.0198. The molecule has 2 unspecified atom stereocenters. The van der Waals surface area contributed by atoms with Gasteiger partial charge < -0.3 is 28.1 Å². The van der Waals surface area contributed by atoms with Crippen molar-refractivity contribution >= 4 is 81.9 Å². The molecule has 0 spiro atoms. The van der Waals surface area contributed by atoms with Gasteiger partial charge in [0.1, 0.15) is 33.5 Å². The molecule has 0 saturated heterocycles. The van der Waals surface area contributed by atoms with Crippen molar-refractivity contribution in [1.29, 1.82) is 0 Å². The second-order valence-corrected chi connectivity index (χ2v) is 24.2. The van der Waals surface area contributed by atoms with E-state index in [-0.39, 0.29) is 86.0 Å². The van der Waals surface area contributed by atoms with Gasteiger partial charge in [0.2, 0.25) is 0 Å². The molecule has 0 saturated carbocycles. The summed E-state index contributed by atoms with van der Waals surface area (Å²) in [6.07, 6.45) is 43.4. The standard InChI is InChI=1S/2C31H52O7S.Ca/c2*1-3-5-6-7-8-9-10-11-12-13-14-15-16-17-18-19-22-25-37-30(32)28-23-20-21-24-29(28)31(33)38-26-27(4-2)39(34,35)36;/h2*20-21,23-24,27H,3-19,22,25-26H2,1-2H3,(H,34,35,36);/q;;+2/p-2. The molecule has 17 heteroatoms. The van der Waals surface area contributed by atoms with Gasteiger partial charge in [-0.15, -0.1) is 0 Å². The molecule has 2 rings (SSSR count). The molecule has 0 amide bonds. The zero-order chi connectivity index (χ0) is 57.5. The van der Waals surface area contributed by atoms with E-state index in [9.17, 15) is 45.1 Å². The van der Waals surface area contributed by atoms with Crippen molar-refractivity contribution in [1.82, 2.24) is 0 Å². The van der Waals surface area contributed by atoms with Crippen LogP contribution in [0.15, 0.2) is 48.5 Å². The van der Waals surface area contributed by atoms with Crippen molar-refractivity contribution in [3.63, 3.8) is 0 Å². The van der Waals surface area contributed by atoms with Gasteiger partial charge in [0.05, 0.1) is 46.0 Å². The Morgan fingerprint density at radius 1 is 0.342 bits per heavy atom. The Balaban J connectivity index is 0.00000152. The van der Waals surface area contributed by atoms with Crippen molar-refractivity contribution < 1.29 is 64.1 Å².